The van der Waals surface area contributed by atoms with Gasteiger partial charge in [0.15, 0.2) is 6.61 Å². The molecular formula is C28H27F7N4O4P+. The van der Waals surface area contributed by atoms with E-state index in [-0.39, 0.29) is 17.2 Å². The van der Waals surface area contributed by atoms with Crippen molar-refractivity contribution in [1.29, 1.82) is 0 Å². The van der Waals surface area contributed by atoms with Gasteiger partial charge in [-0.2, -0.15) is 27.1 Å². The molecule has 0 fully saturated rings. The van der Waals surface area contributed by atoms with Crippen molar-refractivity contribution in [2.75, 3.05) is 13.2 Å². The van der Waals surface area contributed by atoms with Crippen molar-refractivity contribution in [3.05, 3.63) is 83.7 Å². The van der Waals surface area contributed by atoms with Crippen LogP contribution < -0.4 is 10.2 Å². The van der Waals surface area contributed by atoms with Gasteiger partial charge in [-0.3, -0.25) is 15.4 Å². The molecule has 2 N–H and O–H groups in total. The molecule has 3 rings (SSSR count). The number of ether oxygens (including phenoxy) is 1. The molecule has 3 unspecified atom stereocenters. The molecule has 0 aliphatic carbocycles. The summed E-state index contributed by atoms with van der Waals surface area (Å²) < 4.78 is 120. The maximum absolute atomic E-state index is 16.4. The number of hydrogen-bond acceptors (Lipinski definition) is 6. The quantitative estimate of drug-likeness (QED) is 0.0627. The first-order valence-electron chi connectivity index (χ1n) is 12.9. The summed E-state index contributed by atoms with van der Waals surface area (Å²) >= 11 is 0. The number of aromatic nitrogens is 1. The second kappa shape index (κ2) is 14.7. The van der Waals surface area contributed by atoms with Crippen LogP contribution >= 0.6 is 8.25 Å². The molecule has 16 heteroatoms. The van der Waals surface area contributed by atoms with E-state index >= 15 is 13.2 Å². The second-order valence-electron chi connectivity index (χ2n) is 9.48. The topological polar surface area (TPSA) is 105 Å². The zero-order valence-electron chi connectivity index (χ0n) is 23.2. The van der Waals surface area contributed by atoms with E-state index in [0.717, 1.165) is 25.0 Å². The Morgan fingerprint density at radius 2 is 1.73 bits per heavy atom. The van der Waals surface area contributed by atoms with Crippen molar-refractivity contribution < 1.29 is 49.5 Å². The minimum Gasteiger partial charge on any atom is -0.484 e. The molecule has 8 nitrogen and oxygen atoms in total. The van der Waals surface area contributed by atoms with Gasteiger partial charge in [0.2, 0.25) is 5.60 Å². The lowest BCUT2D eigenvalue weighted by Crippen LogP contribution is -2.48. The van der Waals surface area contributed by atoms with Crippen molar-refractivity contribution >= 4 is 20.8 Å². The first kappa shape index (κ1) is 34.5. The van der Waals surface area contributed by atoms with Crippen LogP contribution in [0, 0.1) is 17.6 Å². The highest BCUT2D eigenvalue weighted by Gasteiger charge is 2.64. The average molecular weight is 648 g/mol. The van der Waals surface area contributed by atoms with Crippen molar-refractivity contribution in [2.24, 2.45) is 16.0 Å². The van der Waals surface area contributed by atoms with E-state index in [4.69, 9.17) is 4.52 Å². The van der Waals surface area contributed by atoms with Crippen molar-refractivity contribution in [3.8, 4) is 16.9 Å². The number of aliphatic imine (C=N–C) groups is 1. The molecule has 0 spiro atoms. The number of rotatable bonds is 14. The van der Waals surface area contributed by atoms with E-state index in [1.54, 1.807) is 0 Å². The normalized spacial score (nSPS) is 14.9. The molecule has 0 amide bonds. The Hall–Kier alpha value is -3.94. The van der Waals surface area contributed by atoms with E-state index in [1.165, 1.54) is 36.5 Å². The first-order valence-corrected chi connectivity index (χ1v) is 14.0. The fourth-order valence-corrected chi connectivity index (χ4v) is 4.37. The molecule has 0 saturated heterocycles. The molecule has 2 aromatic carbocycles. The zero-order valence-corrected chi connectivity index (χ0v) is 24.1. The number of alkyl halides is 5. The van der Waals surface area contributed by atoms with Crippen molar-refractivity contribution in [1.82, 2.24) is 10.4 Å². The Bertz CT molecular complexity index is 1470. The van der Waals surface area contributed by atoms with E-state index in [0.29, 0.717) is 23.8 Å². The Morgan fingerprint density at radius 3 is 2.30 bits per heavy atom. The SMILES string of the molecule is CCC(C)/C=N/NC=NCC(O[P+](=O)O)(c1ccc(F)cc1F)C(F)(F)c1ccc(-c2ccc(OCC(F)(F)F)cc2)cn1. The summed E-state index contributed by atoms with van der Waals surface area (Å²) in [7, 11) is -3.81. The van der Waals surface area contributed by atoms with Crippen LogP contribution in [0.3, 0.4) is 0 Å². The van der Waals surface area contributed by atoms with Gasteiger partial charge in [-0.25, -0.2) is 8.78 Å². The predicted molar refractivity (Wildman–Crippen MR) is 149 cm³/mol. The average Bonchev–Trinajstić information content (AvgIpc) is 2.96. The van der Waals surface area contributed by atoms with Gasteiger partial charge in [-0.1, -0.05) is 36.6 Å². The monoisotopic (exact) mass is 647 g/mol. The fourth-order valence-electron chi connectivity index (χ4n) is 3.83. The number of halogens is 7. The van der Waals surface area contributed by atoms with Gasteiger partial charge in [0.1, 0.15) is 29.4 Å². The minimum absolute atomic E-state index is 0.0795. The predicted octanol–water partition coefficient (Wildman–Crippen LogP) is 7.27. The van der Waals surface area contributed by atoms with Gasteiger partial charge in [0.05, 0.1) is 6.54 Å². The number of nitrogens with zero attached hydrogens (tertiary/aromatic N) is 3. The van der Waals surface area contributed by atoms with Crippen LogP contribution in [0.2, 0.25) is 0 Å². The van der Waals surface area contributed by atoms with Crippen LogP contribution in [0.15, 0.2) is 70.9 Å². The standard InChI is InChI=1S/C28H26F7N4O4P/c1-3-18(2)13-38-39-17-36-15-26(43-44(40)41,23-10-7-21(29)12-24(23)30)28(34,35)25-11-6-20(14-37-25)19-4-8-22(9-5-19)42-16-27(31,32)33/h4-14,17-18H,3,15-16H2,1-2H3,(H-,36,39,40,41)/p+1/b38-13+. The van der Waals surface area contributed by atoms with Crippen LogP contribution in [-0.2, 0) is 20.6 Å². The smallest absolute Gasteiger partial charge is 0.484 e. The Kier molecular flexibility index (Phi) is 11.5. The molecule has 0 bridgehead atoms. The van der Waals surface area contributed by atoms with Gasteiger partial charge in [0.25, 0.3) is 0 Å². The van der Waals surface area contributed by atoms with E-state index in [1.807, 2.05) is 13.8 Å². The van der Waals surface area contributed by atoms with E-state index < -0.39 is 62.0 Å². The second-order valence-corrected chi connectivity index (χ2v) is 10.1. The molecule has 0 aliphatic rings. The molecule has 1 heterocycles. The Balaban J connectivity index is 2.00. The van der Waals surface area contributed by atoms with Gasteiger partial charge >= 0.3 is 20.4 Å². The molecule has 0 saturated carbocycles. The summed E-state index contributed by atoms with van der Waals surface area (Å²) in [4.78, 5) is 17.2. The Morgan fingerprint density at radius 1 is 1.05 bits per heavy atom. The molecular weight excluding hydrogens is 620 g/mol. The lowest BCUT2D eigenvalue weighted by molar-refractivity contribution is -0.178. The summed E-state index contributed by atoms with van der Waals surface area (Å²) in [6.07, 6.45) is -0.326. The zero-order chi connectivity index (χ0) is 32.5. The van der Waals surface area contributed by atoms with Crippen LogP contribution in [-0.4, -0.2) is 41.8 Å². The number of pyridine rings is 1. The third-order valence-corrected chi connectivity index (χ3v) is 6.76. The maximum atomic E-state index is 16.4. The number of hydrogen-bond donors (Lipinski definition) is 2. The Labute approximate surface area is 248 Å². The highest BCUT2D eigenvalue weighted by Crippen LogP contribution is 2.52. The van der Waals surface area contributed by atoms with Crippen molar-refractivity contribution in [3.63, 3.8) is 0 Å². The van der Waals surface area contributed by atoms with E-state index in [2.05, 4.69) is 25.2 Å². The number of benzene rings is 2. The number of nitrogens with one attached hydrogen (secondary N) is 1. The van der Waals surface area contributed by atoms with Crippen LogP contribution in [0.25, 0.3) is 11.1 Å². The maximum Gasteiger partial charge on any atom is 0.695 e. The van der Waals surface area contributed by atoms with Gasteiger partial charge in [0, 0.05) is 34.2 Å². The largest absolute Gasteiger partial charge is 0.695 e. The molecule has 1 aromatic heterocycles. The van der Waals surface area contributed by atoms with Gasteiger partial charge < -0.3 is 4.74 Å². The fraction of sp³-hybridized carbons (Fsp3) is 0.321. The summed E-state index contributed by atoms with van der Waals surface area (Å²) in [5.41, 5.74) is -2.25. The van der Waals surface area contributed by atoms with Crippen molar-refractivity contribution in [2.45, 2.75) is 38.0 Å². The summed E-state index contributed by atoms with van der Waals surface area (Å²) in [5.74, 6) is -6.94. The third-order valence-electron chi connectivity index (χ3n) is 6.29. The van der Waals surface area contributed by atoms with Crippen LogP contribution in [0.5, 0.6) is 5.75 Å². The lowest BCUT2D eigenvalue weighted by Gasteiger charge is -2.34. The van der Waals surface area contributed by atoms with Gasteiger partial charge in [-0.15, -0.1) is 4.89 Å². The van der Waals surface area contributed by atoms with E-state index in [9.17, 15) is 27.0 Å². The van der Waals surface area contributed by atoms with Crippen LogP contribution in [0.1, 0.15) is 31.5 Å². The molecule has 44 heavy (non-hydrogen) atoms. The molecule has 3 aromatic rings. The van der Waals surface area contributed by atoms with Crippen LogP contribution in [0.4, 0.5) is 30.7 Å². The molecule has 3 atom stereocenters. The first-order chi connectivity index (χ1) is 20.7. The molecule has 0 aliphatic heterocycles. The minimum atomic E-state index is -4.54. The molecule has 0 radical (unpaired) electrons. The summed E-state index contributed by atoms with van der Waals surface area (Å²) in [6, 6.07) is 8.94. The summed E-state index contributed by atoms with van der Waals surface area (Å²) in [6.45, 7) is 1.15. The number of hydrazone groups is 1. The lowest BCUT2D eigenvalue weighted by atomic mass is 9.84. The van der Waals surface area contributed by atoms with Gasteiger partial charge in [-0.05, 0) is 48.2 Å². The molecule has 236 valence electrons. The third kappa shape index (κ3) is 8.80. The highest BCUT2D eigenvalue weighted by molar-refractivity contribution is 7.32. The summed E-state index contributed by atoms with van der Waals surface area (Å²) in [5, 5.41) is 3.86. The highest BCUT2D eigenvalue weighted by atomic mass is 31.1.